The summed E-state index contributed by atoms with van der Waals surface area (Å²) in [6.45, 7) is 11.1. The van der Waals surface area contributed by atoms with E-state index < -0.39 is 0 Å². The minimum absolute atomic E-state index is 0.0417. The largest absolute Gasteiger partial charge is 0.482 e. The molecule has 0 unspecified atom stereocenters. The third-order valence-electron chi connectivity index (χ3n) is 5.96. The minimum atomic E-state index is -0.282. The molecule has 0 N–H and O–H groups in total. The third kappa shape index (κ3) is 1.92. The Bertz CT molecular complexity index is 1110. The van der Waals surface area contributed by atoms with Gasteiger partial charge in [0.2, 0.25) is 0 Å². The van der Waals surface area contributed by atoms with Crippen LogP contribution in [0.25, 0.3) is 28.0 Å². The van der Waals surface area contributed by atoms with E-state index in [2.05, 4.69) is 89.2 Å². The minimum Gasteiger partial charge on any atom is -0.482 e. The van der Waals surface area contributed by atoms with Gasteiger partial charge in [-0.2, -0.15) is 0 Å². The molecule has 0 fully saturated rings. The van der Waals surface area contributed by atoms with Crippen LogP contribution < -0.4 is 4.74 Å². The third-order valence-corrected chi connectivity index (χ3v) is 5.96. The summed E-state index contributed by atoms with van der Waals surface area (Å²) < 4.78 is 6.49. The highest BCUT2D eigenvalue weighted by Crippen LogP contribution is 2.56. The summed E-state index contributed by atoms with van der Waals surface area (Å²) in [6, 6.07) is 15.6. The Balaban J connectivity index is 1.99. The predicted octanol–water partition coefficient (Wildman–Crippen LogP) is 6.64. The second-order valence-corrected chi connectivity index (χ2v) is 8.75. The average Bonchev–Trinajstić information content (AvgIpc) is 2.82. The number of hydrogen-bond donors (Lipinski definition) is 0. The standard InChI is InChI=1S/C25H24O/c1-15-10-11-18-20(14-15)25(4,5)22-19-12-13-24(2,3)26-23(19)17-9-7-6-8-16(17)21(18)22/h6-14H,1-5H3. The quantitative estimate of drug-likeness (QED) is 0.446. The van der Waals surface area contributed by atoms with E-state index in [0.717, 1.165) is 5.75 Å². The van der Waals surface area contributed by atoms with Crippen LogP contribution in [0.2, 0.25) is 0 Å². The van der Waals surface area contributed by atoms with Crippen LogP contribution in [0.1, 0.15) is 49.9 Å². The van der Waals surface area contributed by atoms with Crippen LogP contribution in [0, 0.1) is 6.92 Å². The van der Waals surface area contributed by atoms with E-state index in [1.54, 1.807) is 0 Å². The van der Waals surface area contributed by atoms with Crippen molar-refractivity contribution in [2.24, 2.45) is 0 Å². The fourth-order valence-electron chi connectivity index (χ4n) is 4.73. The molecule has 3 aromatic rings. The van der Waals surface area contributed by atoms with Crippen LogP contribution in [0.15, 0.2) is 48.5 Å². The summed E-state index contributed by atoms with van der Waals surface area (Å²) >= 11 is 0. The first-order valence-electron chi connectivity index (χ1n) is 9.38. The molecule has 3 aromatic carbocycles. The number of rotatable bonds is 0. The highest BCUT2D eigenvalue weighted by Gasteiger charge is 2.41. The van der Waals surface area contributed by atoms with Crippen molar-refractivity contribution >= 4 is 16.8 Å². The molecule has 0 amide bonds. The molecule has 1 heterocycles. The van der Waals surface area contributed by atoms with Crippen LogP contribution >= 0.6 is 0 Å². The van der Waals surface area contributed by atoms with Gasteiger partial charge in [0.15, 0.2) is 0 Å². The molecule has 2 aliphatic rings. The molecular weight excluding hydrogens is 316 g/mol. The fourth-order valence-corrected chi connectivity index (χ4v) is 4.73. The van der Waals surface area contributed by atoms with E-state index in [9.17, 15) is 0 Å². The summed E-state index contributed by atoms with van der Waals surface area (Å²) in [5, 5.41) is 2.51. The Kier molecular flexibility index (Phi) is 2.89. The van der Waals surface area contributed by atoms with Gasteiger partial charge in [0.1, 0.15) is 11.4 Å². The summed E-state index contributed by atoms with van der Waals surface area (Å²) in [5.74, 6) is 1.03. The summed E-state index contributed by atoms with van der Waals surface area (Å²) in [4.78, 5) is 0. The first-order valence-corrected chi connectivity index (χ1v) is 9.38. The molecule has 130 valence electrons. The fraction of sp³-hybridized carbons (Fsp3) is 0.280. The number of aryl methyl sites for hydroxylation is 1. The van der Waals surface area contributed by atoms with Gasteiger partial charge < -0.3 is 4.74 Å². The molecule has 0 aromatic heterocycles. The van der Waals surface area contributed by atoms with Gasteiger partial charge in [0, 0.05) is 16.4 Å². The van der Waals surface area contributed by atoms with E-state index in [4.69, 9.17) is 4.74 Å². The lowest BCUT2D eigenvalue weighted by atomic mass is 9.78. The van der Waals surface area contributed by atoms with Gasteiger partial charge >= 0.3 is 0 Å². The van der Waals surface area contributed by atoms with E-state index in [1.165, 1.54) is 44.2 Å². The molecule has 0 bridgehead atoms. The van der Waals surface area contributed by atoms with Gasteiger partial charge in [-0.05, 0) is 54.5 Å². The Morgan fingerprint density at radius 2 is 1.62 bits per heavy atom. The summed E-state index contributed by atoms with van der Waals surface area (Å²) in [5.41, 5.74) is 7.81. The Labute approximate surface area is 155 Å². The van der Waals surface area contributed by atoms with E-state index in [1.807, 2.05) is 0 Å². The smallest absolute Gasteiger partial charge is 0.135 e. The molecule has 0 spiro atoms. The zero-order valence-electron chi connectivity index (χ0n) is 16.1. The first-order chi connectivity index (χ1) is 12.3. The van der Waals surface area contributed by atoms with Crippen molar-refractivity contribution in [3.8, 4) is 16.9 Å². The molecule has 0 atom stereocenters. The van der Waals surface area contributed by atoms with Crippen LogP contribution in [0.5, 0.6) is 5.75 Å². The maximum absolute atomic E-state index is 6.49. The molecule has 5 rings (SSSR count). The van der Waals surface area contributed by atoms with Gasteiger partial charge in [0.05, 0.1) is 0 Å². The molecule has 1 nitrogen and oxygen atoms in total. The zero-order chi connectivity index (χ0) is 18.3. The van der Waals surface area contributed by atoms with Crippen molar-refractivity contribution in [2.45, 2.75) is 45.6 Å². The normalized spacial score (nSPS) is 18.2. The molecule has 1 aliphatic carbocycles. The van der Waals surface area contributed by atoms with Crippen LogP contribution in [-0.4, -0.2) is 5.60 Å². The SMILES string of the molecule is Cc1ccc2c(c1)C(C)(C)c1c3c(c4ccccc4c1-2)OC(C)(C)C=C3. The van der Waals surface area contributed by atoms with Gasteiger partial charge in [-0.25, -0.2) is 0 Å². The van der Waals surface area contributed by atoms with E-state index in [-0.39, 0.29) is 11.0 Å². The molecular formula is C25H24O. The molecule has 1 heteroatoms. The van der Waals surface area contributed by atoms with Gasteiger partial charge in [-0.3, -0.25) is 0 Å². The highest BCUT2D eigenvalue weighted by atomic mass is 16.5. The Morgan fingerprint density at radius 1 is 0.885 bits per heavy atom. The molecule has 1 aliphatic heterocycles. The van der Waals surface area contributed by atoms with Crippen LogP contribution in [-0.2, 0) is 5.41 Å². The van der Waals surface area contributed by atoms with Crippen molar-refractivity contribution in [3.63, 3.8) is 0 Å². The summed E-state index contributed by atoms with van der Waals surface area (Å²) in [7, 11) is 0. The number of benzene rings is 3. The Morgan fingerprint density at radius 3 is 2.38 bits per heavy atom. The summed E-state index contributed by atoms with van der Waals surface area (Å²) in [6.07, 6.45) is 4.47. The van der Waals surface area contributed by atoms with Gasteiger partial charge in [-0.1, -0.05) is 68.0 Å². The average molecular weight is 340 g/mol. The number of ether oxygens (including phenoxy) is 1. The molecule has 0 saturated carbocycles. The lowest BCUT2D eigenvalue weighted by Crippen LogP contribution is -2.29. The van der Waals surface area contributed by atoms with Crippen LogP contribution in [0.3, 0.4) is 0 Å². The van der Waals surface area contributed by atoms with Crippen molar-refractivity contribution in [3.05, 3.63) is 70.8 Å². The second kappa shape index (κ2) is 4.79. The second-order valence-electron chi connectivity index (χ2n) is 8.75. The van der Waals surface area contributed by atoms with Crippen LogP contribution in [0.4, 0.5) is 0 Å². The monoisotopic (exact) mass is 340 g/mol. The first kappa shape index (κ1) is 15.7. The highest BCUT2D eigenvalue weighted by molar-refractivity contribution is 6.08. The predicted molar refractivity (Wildman–Crippen MR) is 110 cm³/mol. The van der Waals surface area contributed by atoms with Crippen molar-refractivity contribution in [1.82, 2.24) is 0 Å². The van der Waals surface area contributed by atoms with E-state index in [0.29, 0.717) is 0 Å². The lowest BCUT2D eigenvalue weighted by molar-refractivity contribution is 0.161. The van der Waals surface area contributed by atoms with Crippen molar-refractivity contribution in [2.75, 3.05) is 0 Å². The zero-order valence-corrected chi connectivity index (χ0v) is 16.1. The molecule has 0 radical (unpaired) electrons. The topological polar surface area (TPSA) is 9.23 Å². The lowest BCUT2D eigenvalue weighted by Gasteiger charge is -2.33. The van der Waals surface area contributed by atoms with Crippen molar-refractivity contribution < 1.29 is 4.74 Å². The van der Waals surface area contributed by atoms with Crippen molar-refractivity contribution in [1.29, 1.82) is 0 Å². The Hall–Kier alpha value is -2.54. The molecule has 26 heavy (non-hydrogen) atoms. The van der Waals surface area contributed by atoms with Gasteiger partial charge in [0.25, 0.3) is 0 Å². The number of fused-ring (bicyclic) bond motifs is 8. The van der Waals surface area contributed by atoms with Gasteiger partial charge in [-0.15, -0.1) is 0 Å². The molecule has 0 saturated heterocycles. The number of hydrogen-bond acceptors (Lipinski definition) is 1. The van der Waals surface area contributed by atoms with E-state index >= 15 is 0 Å². The maximum Gasteiger partial charge on any atom is 0.135 e. The maximum atomic E-state index is 6.49.